The average molecular weight is 375 g/mol. The van der Waals surface area contributed by atoms with Crippen LogP contribution in [0.15, 0.2) is 10.2 Å². The van der Waals surface area contributed by atoms with Gasteiger partial charge in [0.25, 0.3) is 0 Å². The smallest absolute Gasteiger partial charge is 0.207 e. The van der Waals surface area contributed by atoms with Crippen molar-refractivity contribution in [1.29, 1.82) is 0 Å². The Morgan fingerprint density at radius 3 is 1.46 bits per heavy atom. The molecule has 0 heterocycles. The second-order valence-corrected chi connectivity index (χ2v) is 11.1. The molecule has 0 aromatic carbocycles. The molecule has 4 aliphatic rings. The molecule has 4 fully saturated rings. The highest BCUT2D eigenvalue weighted by molar-refractivity contribution is 7.80. The maximum atomic E-state index is 5.45. The van der Waals surface area contributed by atoms with Crippen molar-refractivity contribution in [3.63, 3.8) is 0 Å². The molecule has 4 bridgehead atoms. The van der Waals surface area contributed by atoms with E-state index in [1.165, 1.54) is 37.1 Å². The zero-order chi connectivity index (χ0) is 19.0. The fourth-order valence-corrected chi connectivity index (χ4v) is 6.55. The quantitative estimate of drug-likeness (QED) is 0.536. The maximum absolute atomic E-state index is 5.45. The van der Waals surface area contributed by atoms with Crippen LogP contribution in [0.1, 0.15) is 80.1 Å². The molecule has 4 saturated carbocycles. The molecule has 4 rings (SSSR count). The number of hydrazone groups is 2. The molecule has 26 heavy (non-hydrogen) atoms. The standard InChI is InChI=1S/C21H34N4S/c1-18(2)13-7-9-20(18,5)15(11-13)22-24-17(26)25-23-16-12-14-8-10-21(16,6)19(14,3)4/h13-14H,7-12H2,1-6H3,(H2,24,25,26)/b22-15-,23-16+/t13-,14-,20+,21+/m1/s1. The van der Waals surface area contributed by atoms with E-state index in [9.17, 15) is 0 Å². The van der Waals surface area contributed by atoms with Gasteiger partial charge in [-0.1, -0.05) is 41.5 Å². The Hall–Kier alpha value is -0.970. The van der Waals surface area contributed by atoms with Crippen molar-refractivity contribution in [2.45, 2.75) is 80.1 Å². The monoisotopic (exact) mass is 374 g/mol. The van der Waals surface area contributed by atoms with Crippen molar-refractivity contribution in [3.05, 3.63) is 0 Å². The van der Waals surface area contributed by atoms with E-state index in [4.69, 9.17) is 22.4 Å². The largest absolute Gasteiger partial charge is 0.252 e. The van der Waals surface area contributed by atoms with E-state index in [1.807, 2.05) is 0 Å². The van der Waals surface area contributed by atoms with Crippen LogP contribution >= 0.6 is 12.2 Å². The molecule has 0 aliphatic heterocycles. The molecule has 144 valence electrons. The Morgan fingerprint density at radius 2 is 1.19 bits per heavy atom. The summed E-state index contributed by atoms with van der Waals surface area (Å²) in [7, 11) is 0. The normalized spacial score (nSPS) is 44.8. The van der Waals surface area contributed by atoms with Gasteiger partial charge in [-0.3, -0.25) is 10.9 Å². The van der Waals surface area contributed by atoms with Crippen molar-refractivity contribution >= 4 is 28.8 Å². The molecule has 4 aliphatic carbocycles. The maximum Gasteiger partial charge on any atom is 0.207 e. The Balaban J connectivity index is 1.41. The van der Waals surface area contributed by atoms with Crippen molar-refractivity contribution in [1.82, 2.24) is 10.9 Å². The number of nitrogens with one attached hydrogen (secondary N) is 2. The fourth-order valence-electron chi connectivity index (χ4n) is 6.46. The molecule has 0 radical (unpaired) electrons. The van der Waals surface area contributed by atoms with Crippen molar-refractivity contribution in [2.75, 3.05) is 0 Å². The average Bonchev–Trinajstić information content (AvgIpc) is 3.09. The zero-order valence-electron chi connectivity index (χ0n) is 17.2. The third kappa shape index (κ3) is 2.22. The van der Waals surface area contributed by atoms with Crippen LogP contribution in [0.25, 0.3) is 0 Å². The Kier molecular flexibility index (Phi) is 3.91. The lowest BCUT2D eigenvalue weighted by Crippen LogP contribution is -2.37. The third-order valence-electron chi connectivity index (χ3n) is 9.61. The van der Waals surface area contributed by atoms with E-state index in [-0.39, 0.29) is 10.8 Å². The van der Waals surface area contributed by atoms with Crippen molar-refractivity contribution < 1.29 is 0 Å². The molecule has 0 saturated heterocycles. The Labute approximate surface area is 163 Å². The molecule has 0 amide bonds. The minimum absolute atomic E-state index is 0.203. The highest BCUT2D eigenvalue weighted by atomic mass is 32.1. The molecule has 0 aromatic heterocycles. The van der Waals surface area contributed by atoms with Gasteiger partial charge in [0, 0.05) is 22.3 Å². The molecule has 0 aromatic rings. The summed E-state index contributed by atoms with van der Waals surface area (Å²) in [5, 5.41) is 9.92. The highest BCUT2D eigenvalue weighted by Gasteiger charge is 2.61. The van der Waals surface area contributed by atoms with Gasteiger partial charge >= 0.3 is 0 Å². The van der Waals surface area contributed by atoms with Crippen LogP contribution in [0.5, 0.6) is 0 Å². The van der Waals surface area contributed by atoms with E-state index < -0.39 is 0 Å². The topological polar surface area (TPSA) is 48.8 Å². The number of thiocarbonyl (C=S) groups is 1. The van der Waals surface area contributed by atoms with E-state index in [2.05, 4.69) is 52.4 Å². The van der Waals surface area contributed by atoms with Gasteiger partial charge in [-0.05, 0) is 73.4 Å². The zero-order valence-corrected chi connectivity index (χ0v) is 18.0. The number of fused-ring (bicyclic) bond motifs is 4. The van der Waals surface area contributed by atoms with Gasteiger partial charge in [-0.2, -0.15) is 10.2 Å². The van der Waals surface area contributed by atoms with Gasteiger partial charge in [-0.25, -0.2) is 0 Å². The predicted molar refractivity (Wildman–Crippen MR) is 112 cm³/mol. The van der Waals surface area contributed by atoms with E-state index >= 15 is 0 Å². The van der Waals surface area contributed by atoms with Crippen LogP contribution in [-0.4, -0.2) is 16.5 Å². The summed E-state index contributed by atoms with van der Waals surface area (Å²) in [6, 6.07) is 0. The van der Waals surface area contributed by atoms with Gasteiger partial charge in [0.1, 0.15) is 0 Å². The Morgan fingerprint density at radius 1 is 0.808 bits per heavy atom. The van der Waals surface area contributed by atoms with Crippen molar-refractivity contribution in [3.8, 4) is 0 Å². The van der Waals surface area contributed by atoms with Crippen LogP contribution in [0, 0.1) is 33.5 Å². The number of hydrogen-bond acceptors (Lipinski definition) is 3. The molecular formula is C21H34N4S. The Bertz CT molecular complexity index is 649. The molecule has 4 atom stereocenters. The van der Waals surface area contributed by atoms with Crippen LogP contribution < -0.4 is 10.9 Å². The number of nitrogens with zero attached hydrogens (tertiary/aromatic N) is 2. The lowest BCUT2D eigenvalue weighted by molar-refractivity contribution is 0.193. The summed E-state index contributed by atoms with van der Waals surface area (Å²) in [6.45, 7) is 14.3. The lowest BCUT2D eigenvalue weighted by Gasteiger charge is -2.34. The van der Waals surface area contributed by atoms with E-state index in [0.717, 1.165) is 24.7 Å². The van der Waals surface area contributed by atoms with Gasteiger partial charge < -0.3 is 0 Å². The molecule has 0 spiro atoms. The van der Waals surface area contributed by atoms with E-state index in [1.54, 1.807) is 0 Å². The summed E-state index contributed by atoms with van der Waals surface area (Å²) < 4.78 is 0. The summed E-state index contributed by atoms with van der Waals surface area (Å²) in [5.74, 6) is 1.51. The highest BCUT2D eigenvalue weighted by Crippen LogP contribution is 2.64. The first kappa shape index (κ1) is 18.4. The van der Waals surface area contributed by atoms with Gasteiger partial charge in [0.05, 0.1) is 0 Å². The third-order valence-corrected chi connectivity index (χ3v) is 9.79. The van der Waals surface area contributed by atoms with Gasteiger partial charge in [0.15, 0.2) is 0 Å². The van der Waals surface area contributed by atoms with Gasteiger partial charge in [-0.15, -0.1) is 0 Å². The second-order valence-electron chi connectivity index (χ2n) is 10.7. The lowest BCUT2D eigenvalue weighted by atomic mass is 9.70. The second kappa shape index (κ2) is 5.52. The van der Waals surface area contributed by atoms with Gasteiger partial charge in [0.2, 0.25) is 5.11 Å². The summed E-state index contributed by atoms with van der Waals surface area (Å²) in [5.41, 5.74) is 9.80. The minimum atomic E-state index is 0.203. The molecule has 5 heteroatoms. The predicted octanol–water partition coefficient (Wildman–Crippen LogP) is 4.85. The van der Waals surface area contributed by atoms with E-state index in [0.29, 0.717) is 15.9 Å². The SMILES string of the molecule is CC1(C)[C@@H]2CC[C@@]1(C)/C(=N\NC(=S)N/N=C1\C[C@H]3CC[C@]1(C)C3(C)C)C2. The first-order valence-corrected chi connectivity index (χ1v) is 10.6. The van der Waals surface area contributed by atoms with Crippen LogP contribution in [-0.2, 0) is 0 Å². The fraction of sp³-hybridized carbons (Fsp3) is 0.857. The molecule has 0 unspecified atom stereocenters. The van der Waals surface area contributed by atoms with Crippen LogP contribution in [0.2, 0.25) is 0 Å². The molecular weight excluding hydrogens is 340 g/mol. The van der Waals surface area contributed by atoms with Crippen LogP contribution in [0.3, 0.4) is 0 Å². The minimum Gasteiger partial charge on any atom is -0.252 e. The first-order valence-electron chi connectivity index (χ1n) is 10.2. The summed E-state index contributed by atoms with van der Waals surface area (Å²) >= 11 is 5.45. The number of hydrogen-bond donors (Lipinski definition) is 2. The van der Waals surface area contributed by atoms with Crippen LogP contribution in [0.4, 0.5) is 0 Å². The molecule has 2 N–H and O–H groups in total. The first-order chi connectivity index (χ1) is 12.0. The van der Waals surface area contributed by atoms with Crippen molar-refractivity contribution in [2.24, 2.45) is 43.7 Å². The summed E-state index contributed by atoms with van der Waals surface area (Å²) in [4.78, 5) is 0. The molecule has 4 nitrogen and oxygen atoms in total. The summed E-state index contributed by atoms with van der Waals surface area (Å²) in [6.07, 6.45) is 7.33. The number of rotatable bonds is 2.